The van der Waals surface area contributed by atoms with Crippen molar-refractivity contribution in [1.29, 1.82) is 0 Å². The summed E-state index contributed by atoms with van der Waals surface area (Å²) in [6.07, 6.45) is 0.712. The Kier molecular flexibility index (Phi) is 4.47. The molecule has 0 saturated carbocycles. The van der Waals surface area contributed by atoms with Crippen molar-refractivity contribution >= 4 is 12.6 Å². The number of nitrogens with zero attached hydrogens (tertiary/aromatic N) is 1. The molecule has 0 aliphatic rings. The van der Waals surface area contributed by atoms with E-state index in [9.17, 15) is 10.1 Å². The van der Waals surface area contributed by atoms with Crippen LogP contribution in [0.2, 0.25) is 0 Å². The number of nitrogens with two attached hydrogens (primary N) is 1. The first-order chi connectivity index (χ1) is 4.66. The van der Waals surface area contributed by atoms with Gasteiger partial charge in [-0.3, -0.25) is 10.1 Å². The van der Waals surface area contributed by atoms with Crippen LogP contribution in [0.4, 0.5) is 0 Å². The SMILES string of the molecule is N/C(=C\[N+](=O)[O-])NCCS. The Labute approximate surface area is 63.8 Å². The zero-order chi connectivity index (χ0) is 7.98. The molecule has 0 radical (unpaired) electrons. The molecule has 0 aliphatic heterocycles. The predicted molar refractivity (Wildman–Crippen MR) is 41.1 cm³/mol. The molecule has 6 heteroatoms. The highest BCUT2D eigenvalue weighted by Crippen LogP contribution is 1.78. The molecule has 0 unspecified atom stereocenters. The largest absolute Gasteiger partial charge is 0.380 e. The Morgan fingerprint density at radius 3 is 2.90 bits per heavy atom. The molecule has 0 aromatic rings. The van der Waals surface area contributed by atoms with Gasteiger partial charge in [0.2, 0.25) is 0 Å². The molecule has 0 spiro atoms. The van der Waals surface area contributed by atoms with Crippen molar-refractivity contribution in [2.45, 2.75) is 0 Å². The third-order valence-electron chi connectivity index (χ3n) is 0.685. The van der Waals surface area contributed by atoms with Crippen molar-refractivity contribution in [3.63, 3.8) is 0 Å². The van der Waals surface area contributed by atoms with Gasteiger partial charge in [0.1, 0.15) is 0 Å². The summed E-state index contributed by atoms with van der Waals surface area (Å²) < 4.78 is 0. The quantitative estimate of drug-likeness (QED) is 0.297. The highest BCUT2D eigenvalue weighted by Gasteiger charge is 1.93. The lowest BCUT2D eigenvalue weighted by Gasteiger charge is -1.98. The molecule has 0 atom stereocenters. The average Bonchev–Trinajstić information content (AvgIpc) is 1.82. The normalized spacial score (nSPS) is 11.1. The topological polar surface area (TPSA) is 81.2 Å². The van der Waals surface area contributed by atoms with Gasteiger partial charge in [0.25, 0.3) is 6.20 Å². The van der Waals surface area contributed by atoms with Gasteiger partial charge in [0.15, 0.2) is 5.82 Å². The highest BCUT2D eigenvalue weighted by molar-refractivity contribution is 7.80. The summed E-state index contributed by atoms with van der Waals surface area (Å²) in [5.74, 6) is 0.644. The van der Waals surface area contributed by atoms with Gasteiger partial charge in [-0.15, -0.1) is 0 Å². The van der Waals surface area contributed by atoms with Crippen LogP contribution in [-0.2, 0) is 0 Å². The molecule has 58 valence electrons. The minimum absolute atomic E-state index is 0.0547. The number of hydrogen-bond donors (Lipinski definition) is 3. The fourth-order valence-electron chi connectivity index (χ4n) is 0.359. The maximum atomic E-state index is 9.76. The van der Waals surface area contributed by atoms with Crippen molar-refractivity contribution < 1.29 is 4.92 Å². The molecule has 5 nitrogen and oxygen atoms in total. The van der Waals surface area contributed by atoms with Crippen LogP contribution in [0.1, 0.15) is 0 Å². The lowest BCUT2D eigenvalue weighted by Crippen LogP contribution is -2.22. The molecule has 0 heterocycles. The first-order valence-corrected chi connectivity index (χ1v) is 3.25. The van der Waals surface area contributed by atoms with Crippen molar-refractivity contribution in [3.8, 4) is 0 Å². The Bertz CT molecular complexity index is 147. The maximum Gasteiger partial charge on any atom is 0.273 e. The zero-order valence-electron chi connectivity index (χ0n) is 5.28. The first-order valence-electron chi connectivity index (χ1n) is 2.62. The van der Waals surface area contributed by atoms with Gasteiger partial charge in [-0.25, -0.2) is 0 Å². The van der Waals surface area contributed by atoms with Gasteiger partial charge in [0.05, 0.1) is 4.92 Å². The molecule has 0 aromatic heterocycles. The van der Waals surface area contributed by atoms with Gasteiger partial charge in [-0.05, 0) is 0 Å². The van der Waals surface area contributed by atoms with E-state index >= 15 is 0 Å². The number of nitrogens with one attached hydrogen (secondary N) is 1. The van der Waals surface area contributed by atoms with E-state index in [2.05, 4.69) is 17.9 Å². The standard InChI is InChI=1S/C4H9N3O2S/c5-4(3-7(8)9)6-1-2-10/h3,6,10H,1-2,5H2/b4-3+. The Morgan fingerprint density at radius 1 is 1.90 bits per heavy atom. The van der Waals surface area contributed by atoms with Crippen LogP contribution in [0.25, 0.3) is 0 Å². The van der Waals surface area contributed by atoms with Crippen molar-refractivity contribution in [1.82, 2.24) is 5.32 Å². The van der Waals surface area contributed by atoms with Crippen LogP contribution in [0, 0.1) is 10.1 Å². The first kappa shape index (κ1) is 9.09. The number of hydrogen-bond acceptors (Lipinski definition) is 5. The predicted octanol–water partition coefficient (Wildman–Crippen LogP) is -0.460. The third kappa shape index (κ3) is 5.23. The van der Waals surface area contributed by atoms with Crippen LogP contribution in [0.3, 0.4) is 0 Å². The van der Waals surface area contributed by atoms with E-state index in [-0.39, 0.29) is 5.82 Å². The van der Waals surface area contributed by atoms with E-state index in [1.807, 2.05) is 0 Å². The highest BCUT2D eigenvalue weighted by atomic mass is 32.1. The van der Waals surface area contributed by atoms with E-state index in [1.54, 1.807) is 0 Å². The Balaban J connectivity index is 3.60. The lowest BCUT2D eigenvalue weighted by molar-refractivity contribution is -0.403. The summed E-state index contributed by atoms with van der Waals surface area (Å²) in [6.45, 7) is 0.527. The van der Waals surface area contributed by atoms with Crippen LogP contribution in [0.5, 0.6) is 0 Å². The number of rotatable bonds is 4. The molecule has 10 heavy (non-hydrogen) atoms. The summed E-state index contributed by atoms with van der Waals surface area (Å²) in [7, 11) is 0. The third-order valence-corrected chi connectivity index (χ3v) is 0.909. The molecule has 0 aromatic carbocycles. The van der Waals surface area contributed by atoms with E-state index in [1.165, 1.54) is 0 Å². The van der Waals surface area contributed by atoms with Gasteiger partial charge in [-0.1, -0.05) is 0 Å². The molecule has 0 aliphatic carbocycles. The zero-order valence-corrected chi connectivity index (χ0v) is 6.17. The Hall–Kier alpha value is -0.910. The lowest BCUT2D eigenvalue weighted by atomic mass is 10.6. The van der Waals surface area contributed by atoms with E-state index in [4.69, 9.17) is 5.73 Å². The second kappa shape index (κ2) is 4.92. The van der Waals surface area contributed by atoms with Crippen molar-refractivity contribution in [3.05, 3.63) is 22.1 Å². The molecule has 0 bridgehead atoms. The molecule has 0 fully saturated rings. The summed E-state index contributed by atoms with van der Waals surface area (Å²) in [5.41, 5.74) is 5.14. The maximum absolute atomic E-state index is 9.76. The molecular weight excluding hydrogens is 154 g/mol. The molecule has 0 amide bonds. The summed E-state index contributed by atoms with van der Waals surface area (Å²) >= 11 is 3.87. The van der Waals surface area contributed by atoms with Gasteiger partial charge in [0, 0.05) is 12.3 Å². The van der Waals surface area contributed by atoms with Crippen LogP contribution in [-0.4, -0.2) is 17.2 Å². The van der Waals surface area contributed by atoms with Gasteiger partial charge >= 0.3 is 0 Å². The molecular formula is C4H9N3O2S. The van der Waals surface area contributed by atoms with Crippen LogP contribution < -0.4 is 11.1 Å². The summed E-state index contributed by atoms with van der Waals surface area (Å²) in [5, 5.41) is 12.3. The van der Waals surface area contributed by atoms with Crippen molar-refractivity contribution in [2.24, 2.45) is 5.73 Å². The molecule has 0 rings (SSSR count). The van der Waals surface area contributed by atoms with Crippen molar-refractivity contribution in [2.75, 3.05) is 12.3 Å². The summed E-state index contributed by atoms with van der Waals surface area (Å²) in [6, 6.07) is 0. The summed E-state index contributed by atoms with van der Waals surface area (Å²) in [4.78, 5) is 9.15. The van der Waals surface area contributed by atoms with Crippen LogP contribution >= 0.6 is 12.6 Å². The minimum Gasteiger partial charge on any atom is -0.380 e. The fraction of sp³-hybridized carbons (Fsp3) is 0.500. The second-order valence-electron chi connectivity index (χ2n) is 1.52. The Morgan fingerprint density at radius 2 is 2.50 bits per heavy atom. The van der Waals surface area contributed by atoms with E-state index in [0.29, 0.717) is 18.5 Å². The monoisotopic (exact) mass is 163 g/mol. The number of nitro groups is 1. The minimum atomic E-state index is -0.610. The second-order valence-corrected chi connectivity index (χ2v) is 1.97. The van der Waals surface area contributed by atoms with Gasteiger partial charge < -0.3 is 11.1 Å². The fourth-order valence-corrected chi connectivity index (χ4v) is 0.471. The van der Waals surface area contributed by atoms with E-state index in [0.717, 1.165) is 0 Å². The van der Waals surface area contributed by atoms with Crippen LogP contribution in [0.15, 0.2) is 12.0 Å². The average molecular weight is 163 g/mol. The smallest absolute Gasteiger partial charge is 0.273 e. The molecule has 0 saturated heterocycles. The molecule has 3 N–H and O–H groups in total. The number of thiol groups is 1. The van der Waals surface area contributed by atoms with E-state index < -0.39 is 4.92 Å². The van der Waals surface area contributed by atoms with Gasteiger partial charge in [-0.2, -0.15) is 12.6 Å².